The van der Waals surface area contributed by atoms with Crippen molar-refractivity contribution in [3.05, 3.63) is 65.7 Å². The predicted molar refractivity (Wildman–Crippen MR) is 120 cm³/mol. The number of carbonyl (C=O) groups excluding carboxylic acids is 3. The van der Waals surface area contributed by atoms with Crippen molar-refractivity contribution in [3.63, 3.8) is 0 Å². The second-order valence-corrected chi connectivity index (χ2v) is 9.81. The first kappa shape index (κ1) is 22.9. The highest BCUT2D eigenvalue weighted by atomic mass is 19.1. The second-order valence-electron chi connectivity index (χ2n) is 9.81. The van der Waals surface area contributed by atoms with Crippen LogP contribution in [0.5, 0.6) is 0 Å². The highest BCUT2D eigenvalue weighted by molar-refractivity contribution is 6.07. The van der Waals surface area contributed by atoms with E-state index in [9.17, 15) is 18.8 Å². The maximum Gasteiger partial charge on any atom is 0.325 e. The van der Waals surface area contributed by atoms with E-state index in [0.717, 1.165) is 0 Å². The lowest BCUT2D eigenvalue weighted by atomic mass is 9.73. The van der Waals surface area contributed by atoms with Gasteiger partial charge in [-0.25, -0.2) is 9.18 Å². The summed E-state index contributed by atoms with van der Waals surface area (Å²) in [4.78, 5) is 46.8. The molecular weight excluding hydrogens is 423 g/mol. The van der Waals surface area contributed by atoms with Crippen LogP contribution in [0, 0.1) is 17.2 Å². The first-order chi connectivity index (χ1) is 15.6. The number of imide groups is 1. The van der Waals surface area contributed by atoms with Gasteiger partial charge in [0.15, 0.2) is 5.54 Å². The molecule has 1 aromatic heterocycles. The van der Waals surface area contributed by atoms with Crippen molar-refractivity contribution >= 4 is 17.8 Å². The predicted octanol–water partition coefficient (Wildman–Crippen LogP) is 3.45. The molecule has 33 heavy (non-hydrogen) atoms. The van der Waals surface area contributed by atoms with Crippen LogP contribution in [0.2, 0.25) is 0 Å². The minimum Gasteiger partial charge on any atom is -0.342 e. The number of benzene rings is 1. The van der Waals surface area contributed by atoms with Gasteiger partial charge in [-0.2, -0.15) is 0 Å². The molecule has 0 bridgehead atoms. The number of piperidine rings is 1. The van der Waals surface area contributed by atoms with E-state index < -0.39 is 17.0 Å². The number of amides is 4. The largest absolute Gasteiger partial charge is 0.342 e. The van der Waals surface area contributed by atoms with Crippen molar-refractivity contribution in [2.75, 3.05) is 13.1 Å². The van der Waals surface area contributed by atoms with E-state index in [-0.39, 0.29) is 30.1 Å². The molecule has 2 aliphatic rings. The molecule has 4 rings (SSSR count). The van der Waals surface area contributed by atoms with Gasteiger partial charge in [0.05, 0.1) is 6.54 Å². The molecule has 1 aromatic carbocycles. The lowest BCUT2D eigenvalue weighted by molar-refractivity contribution is -0.142. The van der Waals surface area contributed by atoms with Gasteiger partial charge < -0.3 is 10.2 Å². The Labute approximate surface area is 193 Å². The van der Waals surface area contributed by atoms with Gasteiger partial charge in [-0.05, 0) is 42.5 Å². The Hall–Kier alpha value is -3.29. The molecule has 0 saturated carbocycles. The molecule has 7 nitrogen and oxygen atoms in total. The Kier molecular flexibility index (Phi) is 5.95. The summed E-state index contributed by atoms with van der Waals surface area (Å²) < 4.78 is 13.3. The Morgan fingerprint density at radius 2 is 1.82 bits per heavy atom. The van der Waals surface area contributed by atoms with Gasteiger partial charge in [-0.1, -0.05) is 39.0 Å². The third-order valence-electron chi connectivity index (χ3n) is 6.54. The van der Waals surface area contributed by atoms with Gasteiger partial charge in [0.25, 0.3) is 5.91 Å². The molecule has 1 N–H and O–H groups in total. The summed E-state index contributed by atoms with van der Waals surface area (Å²) in [7, 11) is 0. The van der Waals surface area contributed by atoms with Gasteiger partial charge in [0.2, 0.25) is 5.91 Å². The van der Waals surface area contributed by atoms with Crippen molar-refractivity contribution in [1.82, 2.24) is 20.1 Å². The summed E-state index contributed by atoms with van der Waals surface area (Å²) in [5.41, 5.74) is -0.433. The fourth-order valence-corrected chi connectivity index (χ4v) is 4.80. The highest BCUT2D eigenvalue weighted by Gasteiger charge is 2.57. The topological polar surface area (TPSA) is 82.6 Å². The van der Waals surface area contributed by atoms with Crippen molar-refractivity contribution in [1.29, 1.82) is 0 Å². The number of carbonyl (C=O) groups is 3. The maximum absolute atomic E-state index is 13.8. The molecule has 0 aliphatic carbocycles. The monoisotopic (exact) mass is 452 g/mol. The number of hydrogen-bond acceptors (Lipinski definition) is 4. The molecule has 0 spiro atoms. The molecule has 2 fully saturated rings. The zero-order valence-electron chi connectivity index (χ0n) is 19.2. The Bertz CT molecular complexity index is 1040. The summed E-state index contributed by atoms with van der Waals surface area (Å²) in [5, 5.41) is 2.98. The molecule has 4 amide bonds. The van der Waals surface area contributed by atoms with Crippen LogP contribution in [-0.2, 0) is 21.7 Å². The Morgan fingerprint density at radius 1 is 1.15 bits per heavy atom. The fraction of sp³-hybridized carbons (Fsp3) is 0.440. The number of halogens is 1. The third kappa shape index (κ3) is 4.21. The molecule has 1 atom stereocenters. The molecule has 3 heterocycles. The van der Waals surface area contributed by atoms with Gasteiger partial charge in [0.1, 0.15) is 5.82 Å². The SMILES string of the molecule is CC(C)(C)C(=O)N1CCC([C@@]2(c3cccnc3)NC(=O)N(Cc3ccc(F)cc3)C2=O)CC1. The number of aromatic nitrogens is 1. The summed E-state index contributed by atoms with van der Waals surface area (Å²) in [5.74, 6) is -0.834. The Morgan fingerprint density at radius 3 is 2.39 bits per heavy atom. The number of nitrogens with zero attached hydrogens (tertiary/aromatic N) is 3. The quantitative estimate of drug-likeness (QED) is 0.721. The van der Waals surface area contributed by atoms with E-state index >= 15 is 0 Å². The van der Waals surface area contributed by atoms with Crippen LogP contribution in [0.15, 0.2) is 48.8 Å². The van der Waals surface area contributed by atoms with Gasteiger partial charge >= 0.3 is 6.03 Å². The first-order valence-electron chi connectivity index (χ1n) is 11.2. The minimum atomic E-state index is -1.25. The van der Waals surface area contributed by atoms with Crippen molar-refractivity contribution in [3.8, 4) is 0 Å². The summed E-state index contributed by atoms with van der Waals surface area (Å²) in [6, 6.07) is 8.82. The van der Waals surface area contributed by atoms with E-state index in [4.69, 9.17) is 0 Å². The van der Waals surface area contributed by atoms with Crippen molar-refractivity contribution in [2.24, 2.45) is 11.3 Å². The zero-order valence-corrected chi connectivity index (χ0v) is 19.2. The number of urea groups is 1. The summed E-state index contributed by atoms with van der Waals surface area (Å²) >= 11 is 0. The van der Waals surface area contributed by atoms with Crippen LogP contribution >= 0.6 is 0 Å². The van der Waals surface area contributed by atoms with E-state index in [1.165, 1.54) is 17.0 Å². The smallest absolute Gasteiger partial charge is 0.325 e. The lowest BCUT2D eigenvalue weighted by Gasteiger charge is -2.42. The van der Waals surface area contributed by atoms with E-state index in [1.54, 1.807) is 36.7 Å². The van der Waals surface area contributed by atoms with Crippen LogP contribution in [0.25, 0.3) is 0 Å². The number of pyridine rings is 1. The van der Waals surface area contributed by atoms with Crippen molar-refractivity contribution < 1.29 is 18.8 Å². The molecule has 0 unspecified atom stereocenters. The molecule has 2 saturated heterocycles. The normalized spacial score (nSPS) is 21.9. The molecule has 2 aliphatic heterocycles. The molecule has 0 radical (unpaired) electrons. The first-order valence-corrected chi connectivity index (χ1v) is 11.2. The molecule has 8 heteroatoms. The Balaban J connectivity index is 1.63. The lowest BCUT2D eigenvalue weighted by Crippen LogP contribution is -2.55. The minimum absolute atomic E-state index is 0.0499. The van der Waals surface area contributed by atoms with Crippen molar-refractivity contribution in [2.45, 2.75) is 45.7 Å². The number of nitrogens with one attached hydrogen (secondary N) is 1. The van der Waals surface area contributed by atoms with Crippen LogP contribution in [0.4, 0.5) is 9.18 Å². The molecule has 174 valence electrons. The number of likely N-dealkylation sites (tertiary alicyclic amines) is 1. The van der Waals surface area contributed by atoms with Crippen LogP contribution < -0.4 is 5.32 Å². The van der Waals surface area contributed by atoms with Crippen LogP contribution in [0.3, 0.4) is 0 Å². The average Bonchev–Trinajstić information content (AvgIpc) is 3.05. The number of rotatable bonds is 4. The summed E-state index contributed by atoms with van der Waals surface area (Å²) in [6.07, 6.45) is 4.39. The third-order valence-corrected chi connectivity index (χ3v) is 6.54. The van der Waals surface area contributed by atoms with E-state index in [2.05, 4.69) is 10.3 Å². The van der Waals surface area contributed by atoms with E-state index in [0.29, 0.717) is 37.1 Å². The van der Waals surface area contributed by atoms with Crippen LogP contribution in [-0.4, -0.2) is 45.7 Å². The van der Waals surface area contributed by atoms with Gasteiger partial charge in [-0.15, -0.1) is 0 Å². The standard InChI is InChI=1S/C25H29FN4O3/c1-24(2,3)21(31)29-13-10-18(11-14-29)25(19-5-4-12-27-15-19)22(32)30(23(33)28-25)16-17-6-8-20(26)9-7-17/h4-9,12,15,18H,10-11,13-14,16H2,1-3H3,(H,28,33)/t25-/m0/s1. The molecular formula is C25H29FN4O3. The zero-order chi connectivity index (χ0) is 23.8. The maximum atomic E-state index is 13.8. The van der Waals surface area contributed by atoms with Gasteiger partial charge in [0, 0.05) is 36.5 Å². The van der Waals surface area contributed by atoms with Gasteiger partial charge in [-0.3, -0.25) is 19.5 Å². The summed E-state index contributed by atoms with van der Waals surface area (Å²) in [6.45, 7) is 6.77. The van der Waals surface area contributed by atoms with Crippen LogP contribution in [0.1, 0.15) is 44.7 Å². The van der Waals surface area contributed by atoms with E-state index in [1.807, 2.05) is 25.7 Å². The second kappa shape index (κ2) is 8.57. The fourth-order valence-electron chi connectivity index (χ4n) is 4.80. The average molecular weight is 453 g/mol. The molecule has 2 aromatic rings. The highest BCUT2D eigenvalue weighted by Crippen LogP contribution is 2.42. The number of hydrogen-bond donors (Lipinski definition) is 1.